The summed E-state index contributed by atoms with van der Waals surface area (Å²) in [7, 11) is 0. The minimum absolute atomic E-state index is 0.0993. The highest BCUT2D eigenvalue weighted by atomic mass is 16.1. The summed E-state index contributed by atoms with van der Waals surface area (Å²) >= 11 is 0. The molecule has 0 spiro atoms. The highest BCUT2D eigenvalue weighted by molar-refractivity contribution is 5.29. The molecule has 0 bridgehead atoms. The number of aromatic amines is 1. The summed E-state index contributed by atoms with van der Waals surface area (Å²) in [6.45, 7) is 4.92. The van der Waals surface area contributed by atoms with E-state index in [9.17, 15) is 4.79 Å². The largest absolute Gasteiger partial charge is 0.440 e. The molecule has 1 aromatic heterocycles. The van der Waals surface area contributed by atoms with Crippen LogP contribution in [0.15, 0.2) is 11.0 Å². The fourth-order valence-electron chi connectivity index (χ4n) is 3.33. The lowest BCUT2D eigenvalue weighted by molar-refractivity contribution is -0.700. The van der Waals surface area contributed by atoms with Crippen LogP contribution in [-0.2, 0) is 6.54 Å². The molecule has 0 amide bonds. The van der Waals surface area contributed by atoms with Crippen molar-refractivity contribution < 1.29 is 4.57 Å². The van der Waals surface area contributed by atoms with Crippen molar-refractivity contribution in [3.63, 3.8) is 0 Å². The number of nitrogens with one attached hydrogen (secondary N) is 1. The Morgan fingerprint density at radius 2 is 1.28 bits per heavy atom. The van der Waals surface area contributed by atoms with Crippen LogP contribution in [0, 0.1) is 6.92 Å². The van der Waals surface area contributed by atoms with Crippen molar-refractivity contribution in [1.82, 2.24) is 4.98 Å². The topological polar surface area (TPSA) is 62.8 Å². The molecule has 25 heavy (non-hydrogen) atoms. The minimum Gasteiger partial charge on any atom is -0.318 e. The van der Waals surface area contributed by atoms with E-state index in [0.29, 0.717) is 5.82 Å². The van der Waals surface area contributed by atoms with Crippen molar-refractivity contribution in [2.45, 2.75) is 110 Å². The third-order valence-corrected chi connectivity index (χ3v) is 5.09. The number of nitrogens with two attached hydrogens (primary N) is 1. The molecule has 4 heteroatoms. The Kier molecular flexibility index (Phi) is 12.1. The van der Waals surface area contributed by atoms with Crippen molar-refractivity contribution in [1.29, 1.82) is 0 Å². The van der Waals surface area contributed by atoms with Crippen molar-refractivity contribution in [2.24, 2.45) is 0 Å². The molecule has 1 aromatic rings. The Bertz CT molecular complexity index is 510. The Balaban J connectivity index is 1.93. The second-order valence-electron chi connectivity index (χ2n) is 7.41. The Hall–Kier alpha value is -1.32. The van der Waals surface area contributed by atoms with Crippen molar-refractivity contribution >= 4 is 5.82 Å². The Morgan fingerprint density at radius 3 is 1.76 bits per heavy atom. The summed E-state index contributed by atoms with van der Waals surface area (Å²) < 4.78 is 1.66. The molecule has 0 saturated heterocycles. The third kappa shape index (κ3) is 9.66. The summed E-state index contributed by atoms with van der Waals surface area (Å²) in [5, 5.41) is 0. The molecule has 3 N–H and O–H groups in total. The van der Waals surface area contributed by atoms with Crippen LogP contribution in [0.3, 0.4) is 0 Å². The lowest BCUT2D eigenvalue weighted by Crippen LogP contribution is -2.53. The molecule has 1 rings (SSSR count). The maximum atomic E-state index is 11.8. The van der Waals surface area contributed by atoms with Crippen molar-refractivity contribution in [2.75, 3.05) is 5.73 Å². The highest BCUT2D eigenvalue weighted by Gasteiger charge is 2.10. The van der Waals surface area contributed by atoms with Gasteiger partial charge in [-0.3, -0.25) is 0 Å². The van der Waals surface area contributed by atoms with Gasteiger partial charge < -0.3 is 5.73 Å². The average Bonchev–Trinajstić information content (AvgIpc) is 2.61. The zero-order valence-corrected chi connectivity index (χ0v) is 16.6. The second kappa shape index (κ2) is 13.9. The van der Waals surface area contributed by atoms with E-state index in [0.717, 1.165) is 18.5 Å². The van der Waals surface area contributed by atoms with Crippen LogP contribution in [0.1, 0.15) is 102 Å². The molecule has 0 atom stereocenters. The highest BCUT2D eigenvalue weighted by Crippen LogP contribution is 2.13. The molecule has 0 unspecified atom stereocenters. The van der Waals surface area contributed by atoms with Crippen molar-refractivity contribution in [3.8, 4) is 0 Å². The van der Waals surface area contributed by atoms with E-state index in [1.165, 1.54) is 83.5 Å². The monoisotopic (exact) mass is 350 g/mol. The molecule has 1 heterocycles. The van der Waals surface area contributed by atoms with E-state index in [2.05, 4.69) is 11.9 Å². The van der Waals surface area contributed by atoms with Crippen LogP contribution in [-0.4, -0.2) is 4.98 Å². The van der Waals surface area contributed by atoms with E-state index < -0.39 is 0 Å². The molecule has 144 valence electrons. The molecule has 0 aliphatic heterocycles. The molecule has 0 aromatic carbocycles. The van der Waals surface area contributed by atoms with Crippen molar-refractivity contribution in [3.05, 3.63) is 22.2 Å². The first-order valence-electron chi connectivity index (χ1n) is 10.5. The number of aromatic nitrogens is 2. The zero-order chi connectivity index (χ0) is 18.3. The van der Waals surface area contributed by atoms with Gasteiger partial charge in [-0.15, -0.1) is 0 Å². The van der Waals surface area contributed by atoms with Gasteiger partial charge in [0, 0.05) is 0 Å². The van der Waals surface area contributed by atoms with Gasteiger partial charge in [-0.1, -0.05) is 90.4 Å². The fourth-order valence-corrected chi connectivity index (χ4v) is 3.33. The van der Waals surface area contributed by atoms with Gasteiger partial charge in [0.2, 0.25) is 5.82 Å². The number of aryl methyl sites for hydroxylation is 1. The number of nitrogen functional groups attached to an aromatic ring is 1. The fraction of sp³-hybridized carbons (Fsp3) is 0.810. The van der Waals surface area contributed by atoms with Gasteiger partial charge in [-0.2, -0.15) is 4.57 Å². The van der Waals surface area contributed by atoms with Gasteiger partial charge in [0.25, 0.3) is 0 Å². The molecule has 0 saturated carbocycles. The van der Waals surface area contributed by atoms with Gasteiger partial charge in [-0.25, -0.2) is 9.78 Å². The molecule has 0 fully saturated rings. The predicted octanol–water partition coefficient (Wildman–Crippen LogP) is 5.03. The smallest absolute Gasteiger partial charge is 0.318 e. The molecule has 4 nitrogen and oxygen atoms in total. The summed E-state index contributed by atoms with van der Waals surface area (Å²) in [5.74, 6) is 0.596. The normalized spacial score (nSPS) is 11.1. The van der Waals surface area contributed by atoms with Gasteiger partial charge in [0.15, 0.2) is 0 Å². The van der Waals surface area contributed by atoms with Crippen LogP contribution in [0.4, 0.5) is 5.82 Å². The van der Waals surface area contributed by atoms with Gasteiger partial charge in [0.1, 0.15) is 0 Å². The molecule has 0 aliphatic rings. The van der Waals surface area contributed by atoms with Crippen LogP contribution in [0.25, 0.3) is 0 Å². The average molecular weight is 351 g/mol. The standard InChI is InChI=1S/C21H39N3O/c1-3-4-5-6-7-8-9-10-11-12-13-14-15-16-17-24-20(22)19(2)18-23-21(24)25/h18H,3-17H2,1-2H3,(H2,22,23,25)/p+1. The number of nitrogens with zero attached hydrogens (tertiary/aromatic N) is 1. The molecule has 0 aliphatic carbocycles. The second-order valence-corrected chi connectivity index (χ2v) is 7.41. The first kappa shape index (κ1) is 21.7. The van der Waals surface area contributed by atoms with Crippen LogP contribution in [0.2, 0.25) is 0 Å². The first-order chi connectivity index (χ1) is 12.2. The van der Waals surface area contributed by atoms with Gasteiger partial charge >= 0.3 is 5.69 Å². The van der Waals surface area contributed by atoms with E-state index in [4.69, 9.17) is 5.73 Å². The minimum atomic E-state index is -0.0993. The third-order valence-electron chi connectivity index (χ3n) is 5.09. The number of anilines is 1. The molecular weight excluding hydrogens is 310 g/mol. The van der Waals surface area contributed by atoms with E-state index in [1.807, 2.05) is 6.92 Å². The number of hydrogen-bond acceptors (Lipinski definition) is 2. The van der Waals surface area contributed by atoms with Gasteiger partial charge in [-0.05, 0) is 13.3 Å². The SMILES string of the molecule is CCCCCCCCCCCCCCCC[n+]1c(N)c(C)c[nH]c1=O. The number of rotatable bonds is 15. The van der Waals surface area contributed by atoms with Gasteiger partial charge in [0.05, 0.1) is 18.3 Å². The number of hydrogen-bond donors (Lipinski definition) is 2. The van der Waals surface area contributed by atoms with Crippen LogP contribution in [0.5, 0.6) is 0 Å². The maximum Gasteiger partial charge on any atom is 0.440 e. The van der Waals surface area contributed by atoms with E-state index in [-0.39, 0.29) is 5.69 Å². The Labute approximate surface area is 154 Å². The lowest BCUT2D eigenvalue weighted by atomic mass is 10.0. The number of H-pyrrole nitrogens is 1. The summed E-state index contributed by atoms with van der Waals surface area (Å²) in [6, 6.07) is 0. The lowest BCUT2D eigenvalue weighted by Gasteiger charge is -2.05. The summed E-state index contributed by atoms with van der Waals surface area (Å²) in [4.78, 5) is 14.5. The summed E-state index contributed by atoms with van der Waals surface area (Å²) in [6.07, 6.45) is 20.5. The van der Waals surface area contributed by atoms with Crippen LogP contribution < -0.4 is 16.0 Å². The predicted molar refractivity (Wildman–Crippen MR) is 107 cm³/mol. The first-order valence-corrected chi connectivity index (χ1v) is 10.5. The quantitative estimate of drug-likeness (QED) is 0.344. The number of unbranched alkanes of at least 4 members (excludes halogenated alkanes) is 13. The van der Waals surface area contributed by atoms with E-state index >= 15 is 0 Å². The maximum absolute atomic E-state index is 11.8. The van der Waals surface area contributed by atoms with Crippen LogP contribution >= 0.6 is 0 Å². The van der Waals surface area contributed by atoms with E-state index in [1.54, 1.807) is 10.8 Å². The zero-order valence-electron chi connectivity index (χ0n) is 16.6. The molecule has 0 radical (unpaired) electrons. The molecular formula is C21H40N3O+. The summed E-state index contributed by atoms with van der Waals surface area (Å²) in [5.41, 5.74) is 6.82. The Morgan fingerprint density at radius 1 is 0.840 bits per heavy atom.